The van der Waals surface area contributed by atoms with Crippen molar-refractivity contribution in [3.8, 4) is 0 Å². The van der Waals surface area contributed by atoms with Crippen molar-refractivity contribution in [2.45, 2.75) is 50.6 Å². The molecular formula is C15H24N4OS. The summed E-state index contributed by atoms with van der Waals surface area (Å²) in [4.78, 5) is 18.1. The highest BCUT2D eigenvalue weighted by Crippen LogP contribution is 2.26. The van der Waals surface area contributed by atoms with E-state index in [4.69, 9.17) is 5.73 Å². The van der Waals surface area contributed by atoms with Crippen LogP contribution >= 0.6 is 11.3 Å². The van der Waals surface area contributed by atoms with E-state index >= 15 is 0 Å². The Hall–Kier alpha value is -1.14. The normalized spacial score (nSPS) is 27.7. The van der Waals surface area contributed by atoms with E-state index in [-0.39, 0.29) is 11.8 Å². The Balaban J connectivity index is 1.46. The van der Waals surface area contributed by atoms with Crippen LogP contribution in [0.5, 0.6) is 0 Å². The average Bonchev–Trinajstić information content (AvgIpc) is 3.02. The van der Waals surface area contributed by atoms with E-state index in [0.717, 1.165) is 50.3 Å². The number of hydrogen-bond acceptors (Lipinski definition) is 5. The fourth-order valence-electron chi connectivity index (χ4n) is 3.54. The van der Waals surface area contributed by atoms with Crippen LogP contribution in [0.15, 0.2) is 11.6 Å². The molecule has 0 spiro atoms. The van der Waals surface area contributed by atoms with Gasteiger partial charge < -0.3 is 16.0 Å². The molecule has 1 aliphatic carbocycles. The summed E-state index contributed by atoms with van der Waals surface area (Å²) in [6.07, 6.45) is 8.35. The van der Waals surface area contributed by atoms with Crippen molar-refractivity contribution in [1.29, 1.82) is 0 Å². The monoisotopic (exact) mass is 308 g/mol. The van der Waals surface area contributed by atoms with Crippen LogP contribution in [0.3, 0.4) is 0 Å². The molecule has 0 bridgehead atoms. The van der Waals surface area contributed by atoms with Crippen LogP contribution in [0.2, 0.25) is 0 Å². The molecule has 116 valence electrons. The molecule has 2 fully saturated rings. The van der Waals surface area contributed by atoms with E-state index in [9.17, 15) is 4.79 Å². The van der Waals surface area contributed by atoms with Crippen molar-refractivity contribution in [3.05, 3.63) is 11.6 Å². The molecule has 3 rings (SSSR count). The summed E-state index contributed by atoms with van der Waals surface area (Å²) in [7, 11) is 0. The maximum atomic E-state index is 11.3. The predicted octanol–water partition coefficient (Wildman–Crippen LogP) is 1.75. The molecular weight excluding hydrogens is 284 g/mol. The molecule has 1 aromatic heterocycles. The summed E-state index contributed by atoms with van der Waals surface area (Å²) in [5, 5.41) is 6.93. The van der Waals surface area contributed by atoms with Gasteiger partial charge in [0.05, 0.1) is 0 Å². The second kappa shape index (κ2) is 6.75. The first-order valence-corrected chi connectivity index (χ1v) is 8.80. The largest absolute Gasteiger partial charge is 0.369 e. The molecule has 1 saturated carbocycles. The number of nitrogens with zero attached hydrogens (tertiary/aromatic N) is 2. The molecule has 2 atom stereocenters. The second-order valence-corrected chi connectivity index (χ2v) is 7.08. The van der Waals surface area contributed by atoms with Crippen LogP contribution in [0, 0.1) is 5.92 Å². The van der Waals surface area contributed by atoms with Crippen LogP contribution < -0.4 is 16.0 Å². The van der Waals surface area contributed by atoms with Crippen molar-refractivity contribution < 1.29 is 4.79 Å². The first-order chi connectivity index (χ1) is 10.2. The molecule has 5 nitrogen and oxygen atoms in total. The van der Waals surface area contributed by atoms with E-state index in [1.807, 2.05) is 11.6 Å². The molecule has 21 heavy (non-hydrogen) atoms. The number of aromatic nitrogens is 1. The van der Waals surface area contributed by atoms with Gasteiger partial charge in [-0.3, -0.25) is 4.79 Å². The number of anilines is 1. The maximum absolute atomic E-state index is 11.3. The third-order valence-electron chi connectivity index (χ3n) is 4.73. The van der Waals surface area contributed by atoms with Gasteiger partial charge in [0.25, 0.3) is 0 Å². The molecule has 0 radical (unpaired) electrons. The first kappa shape index (κ1) is 14.8. The number of rotatable bonds is 4. The molecule has 1 saturated heterocycles. The summed E-state index contributed by atoms with van der Waals surface area (Å²) in [5.74, 6) is -0.0493. The van der Waals surface area contributed by atoms with Crippen molar-refractivity contribution in [2.75, 3.05) is 18.0 Å². The van der Waals surface area contributed by atoms with Gasteiger partial charge in [-0.25, -0.2) is 4.98 Å². The minimum atomic E-state index is -0.125. The third kappa shape index (κ3) is 3.74. The van der Waals surface area contributed by atoms with Gasteiger partial charge >= 0.3 is 0 Å². The van der Waals surface area contributed by atoms with Gasteiger partial charge in [0.15, 0.2) is 5.13 Å². The first-order valence-electron chi connectivity index (χ1n) is 7.92. The van der Waals surface area contributed by atoms with Crippen LogP contribution in [0.4, 0.5) is 5.13 Å². The van der Waals surface area contributed by atoms with Crippen LogP contribution in [-0.4, -0.2) is 36.1 Å². The number of carbonyl (C=O) groups is 1. The fraction of sp³-hybridized carbons (Fsp3) is 0.733. The molecule has 6 heteroatoms. The highest BCUT2D eigenvalue weighted by Gasteiger charge is 2.28. The van der Waals surface area contributed by atoms with E-state index < -0.39 is 0 Å². The van der Waals surface area contributed by atoms with Gasteiger partial charge in [-0.2, -0.15) is 0 Å². The number of piperidine rings is 1. The SMILES string of the molecule is NC(=O)[C@H]1CCC[C@H](NC2CCN(c3nccs3)CC2)C1. The van der Waals surface area contributed by atoms with E-state index in [1.165, 1.54) is 6.42 Å². The van der Waals surface area contributed by atoms with Gasteiger partial charge in [-0.05, 0) is 32.1 Å². The lowest BCUT2D eigenvalue weighted by Gasteiger charge is -2.36. The standard InChI is InChI=1S/C15H24N4OS/c16-14(20)11-2-1-3-13(10-11)18-12-4-7-19(8-5-12)15-17-6-9-21-15/h6,9,11-13,18H,1-5,7-8,10H2,(H2,16,20)/t11-,13-/m0/s1. The summed E-state index contributed by atoms with van der Waals surface area (Å²) in [6, 6.07) is 1.03. The zero-order valence-corrected chi connectivity index (χ0v) is 13.1. The summed E-state index contributed by atoms with van der Waals surface area (Å²) < 4.78 is 0. The lowest BCUT2D eigenvalue weighted by Crippen LogP contribution is -2.48. The number of nitrogens with two attached hydrogens (primary N) is 1. The van der Waals surface area contributed by atoms with Crippen molar-refractivity contribution in [3.63, 3.8) is 0 Å². The van der Waals surface area contributed by atoms with Crippen LogP contribution in [-0.2, 0) is 4.79 Å². The third-order valence-corrected chi connectivity index (χ3v) is 5.56. The number of amides is 1. The Morgan fingerprint density at radius 1 is 1.29 bits per heavy atom. The van der Waals surface area contributed by atoms with Gasteiger partial charge in [-0.15, -0.1) is 11.3 Å². The topological polar surface area (TPSA) is 71.2 Å². The average molecular weight is 308 g/mol. The summed E-state index contributed by atoms with van der Waals surface area (Å²) >= 11 is 1.71. The Labute approximate surface area is 129 Å². The van der Waals surface area contributed by atoms with Gasteiger partial charge in [0.1, 0.15) is 0 Å². The Bertz CT molecular complexity index is 456. The lowest BCUT2D eigenvalue weighted by molar-refractivity contribution is -0.123. The zero-order valence-electron chi connectivity index (χ0n) is 12.3. The summed E-state index contributed by atoms with van der Waals surface area (Å²) in [6.45, 7) is 2.13. The van der Waals surface area contributed by atoms with E-state index in [1.54, 1.807) is 11.3 Å². The van der Waals surface area contributed by atoms with Crippen molar-refractivity contribution in [1.82, 2.24) is 10.3 Å². The fourth-order valence-corrected chi connectivity index (χ4v) is 4.24. The second-order valence-electron chi connectivity index (χ2n) is 6.21. The molecule has 2 heterocycles. The Morgan fingerprint density at radius 3 is 2.76 bits per heavy atom. The van der Waals surface area contributed by atoms with Gasteiger partial charge in [0, 0.05) is 42.7 Å². The summed E-state index contributed by atoms with van der Waals surface area (Å²) in [5.41, 5.74) is 5.46. The Morgan fingerprint density at radius 2 is 2.10 bits per heavy atom. The molecule has 0 aromatic carbocycles. The molecule has 1 aromatic rings. The number of primary amides is 1. The van der Waals surface area contributed by atoms with Crippen LogP contribution in [0.25, 0.3) is 0 Å². The van der Waals surface area contributed by atoms with E-state index in [2.05, 4.69) is 15.2 Å². The smallest absolute Gasteiger partial charge is 0.220 e. The maximum Gasteiger partial charge on any atom is 0.220 e. The van der Waals surface area contributed by atoms with Crippen LogP contribution in [0.1, 0.15) is 38.5 Å². The molecule has 1 amide bonds. The number of carbonyl (C=O) groups excluding carboxylic acids is 1. The minimum Gasteiger partial charge on any atom is -0.369 e. The van der Waals surface area contributed by atoms with Crippen molar-refractivity contribution >= 4 is 22.4 Å². The number of hydrogen-bond donors (Lipinski definition) is 2. The zero-order chi connectivity index (χ0) is 14.7. The minimum absolute atomic E-state index is 0.0756. The highest BCUT2D eigenvalue weighted by atomic mass is 32.1. The highest BCUT2D eigenvalue weighted by molar-refractivity contribution is 7.13. The molecule has 3 N–H and O–H groups in total. The quantitative estimate of drug-likeness (QED) is 0.889. The lowest BCUT2D eigenvalue weighted by atomic mass is 9.84. The van der Waals surface area contributed by atoms with E-state index in [0.29, 0.717) is 12.1 Å². The molecule has 2 aliphatic rings. The Kier molecular flexibility index (Phi) is 4.75. The predicted molar refractivity (Wildman–Crippen MR) is 85.4 cm³/mol. The number of thiazole rings is 1. The molecule has 1 aliphatic heterocycles. The van der Waals surface area contributed by atoms with Gasteiger partial charge in [0.2, 0.25) is 5.91 Å². The van der Waals surface area contributed by atoms with Gasteiger partial charge in [-0.1, -0.05) is 6.42 Å². The number of nitrogens with one attached hydrogen (secondary N) is 1. The molecule has 0 unspecified atom stereocenters. The van der Waals surface area contributed by atoms with Crippen molar-refractivity contribution in [2.24, 2.45) is 11.7 Å².